The zero-order valence-electron chi connectivity index (χ0n) is 75.0. The van der Waals surface area contributed by atoms with E-state index in [0.717, 1.165) is 92.2 Å². The number of esters is 2. The van der Waals surface area contributed by atoms with E-state index in [1.54, 1.807) is 12.1 Å². The Labute approximate surface area is 758 Å². The topological polar surface area (TPSA) is 278 Å². The van der Waals surface area contributed by atoms with Gasteiger partial charge in [-0.25, -0.2) is 33.9 Å². The van der Waals surface area contributed by atoms with Gasteiger partial charge in [-0.2, -0.15) is 0 Å². The number of carboxylic acid groups (broad SMARTS) is 1. The van der Waals surface area contributed by atoms with E-state index in [2.05, 4.69) is 173 Å². The fourth-order valence-corrected chi connectivity index (χ4v) is 16.7. The smallest absolute Gasteiger partial charge is 0.455 e. The van der Waals surface area contributed by atoms with E-state index < -0.39 is 34.7 Å². The zero-order valence-corrected chi connectivity index (χ0v) is 79.7. The van der Waals surface area contributed by atoms with Crippen LogP contribution >= 0.6 is 39.9 Å². The van der Waals surface area contributed by atoms with Crippen LogP contribution in [0.15, 0.2) is 100 Å². The number of likely N-dealkylation sites (tertiary alicyclic amines) is 2. The van der Waals surface area contributed by atoms with Crippen LogP contribution in [-0.4, -0.2) is 163 Å². The minimum absolute atomic E-state index is 0. The summed E-state index contributed by atoms with van der Waals surface area (Å²) in [6, 6.07) is 30.3. The van der Waals surface area contributed by atoms with Crippen LogP contribution in [0.4, 0.5) is 9.59 Å². The SMILES string of the molecule is C.CC1(C)OB(CB2OC(C)(C)C(C)(C)O2)OC1(C)C.CCc1cc(C(=O)O)c(=O)[nH]c1-c1ccc2c(c1)cc(C1CCCC1)n2C.CCc1cc(C(=O)OC)c(OC)nc1-c1ccc2c(c1)cc([C@@H]1CCCN1C(=O)OC(C)(C)C)n2C.CCc1cc(C(=O)OC)c(OC)nc1Cl.Cl.Cn1c([C@@H]2CCCN2C(=O)OC(C)(C)C)cc2cc(Br)ccc21.[Pd]. The number of rotatable bonds is 15. The second-order valence-corrected chi connectivity index (χ2v) is 36.5. The first-order valence-corrected chi connectivity index (χ1v) is 42.6. The number of amides is 2. The number of hydrogen-bond acceptors (Lipinski definition) is 18. The number of halogens is 3. The largest absolute Gasteiger partial charge is 0.480 e. The monoisotopic (exact) mass is 1890 g/mol. The van der Waals surface area contributed by atoms with Crippen LogP contribution in [0.3, 0.4) is 0 Å². The molecule has 6 aromatic heterocycles. The second kappa shape index (κ2) is 41.5. The van der Waals surface area contributed by atoms with Crippen molar-refractivity contribution in [2.45, 2.75) is 254 Å². The number of aromatic nitrogens is 6. The first kappa shape index (κ1) is 102. The van der Waals surface area contributed by atoms with Gasteiger partial charge >= 0.3 is 44.3 Å². The summed E-state index contributed by atoms with van der Waals surface area (Å²) in [4.78, 5) is 87.6. The molecule has 14 rings (SSSR count). The molecule has 123 heavy (non-hydrogen) atoms. The van der Waals surface area contributed by atoms with Crippen LogP contribution in [-0.2, 0) is 98.4 Å². The van der Waals surface area contributed by atoms with Gasteiger partial charge in [0.05, 0.1) is 74.3 Å². The molecule has 2 amide bonds. The number of carbonyl (C=O) groups is 5. The summed E-state index contributed by atoms with van der Waals surface area (Å²) in [5.74, 6) is -1.10. The summed E-state index contributed by atoms with van der Waals surface area (Å²) in [7, 11) is 11.2. The van der Waals surface area contributed by atoms with E-state index in [1.165, 1.54) is 88.0 Å². The van der Waals surface area contributed by atoms with Gasteiger partial charge in [-0.3, -0.25) is 14.6 Å². The van der Waals surface area contributed by atoms with E-state index in [0.29, 0.717) is 59.9 Å². The third-order valence-corrected chi connectivity index (χ3v) is 24.6. The molecule has 672 valence electrons. The standard InChI is InChI=1S/C28H35N3O5.C22H24N2O3.C18H23BrN2O2.C13H26B2O4.C10H12ClNO3.CH4.ClH.Pd/c1-8-17-15-20(26(32)35-7)25(34-6)29-24(17)18-11-12-21-19(14-18)16-23(30(21)5)22-10-9-13-31(22)27(33)36-28(2,3)4;1-3-13-11-17(22(26)27)21(25)23-20(13)15-8-9-18-16(10-15)12-19(24(18)2)14-6-4-5-7-14;1-18(2,3)23-17(22)21-9-5-6-15(21)16-11-12-10-13(19)7-8-14(12)20(16)4;1-10(2)11(3,4)17-14(16-10)9-15-18-12(5,6)13(7,8)19-15;1-4-6-5-7(10(13)15-3)9(14-2)12-8(6)11;;;/h11-12,14-16,22H,8-10,13H2,1-7H3;8-12,14H,3-7H2,1-2H3,(H,23,25)(H,26,27);7-8,10-11,15H,5-6,9H2,1-4H3;9H2,1-8H3;5H,4H2,1-3H3;1H4;1H;/t22-;;15-;;;;;/m0.0...../s1. The summed E-state index contributed by atoms with van der Waals surface area (Å²) in [5.41, 5.74) is 10.6. The Morgan fingerprint density at radius 2 is 0.935 bits per heavy atom. The number of fused-ring (bicyclic) bond motifs is 3. The van der Waals surface area contributed by atoms with Crippen molar-refractivity contribution in [1.29, 1.82) is 0 Å². The molecule has 9 aromatic rings. The Kier molecular flexibility index (Phi) is 34.3. The maximum atomic E-state index is 12.9. The summed E-state index contributed by atoms with van der Waals surface area (Å²) in [6.07, 6.45) is 11.1. The molecule has 0 radical (unpaired) electrons. The molecule has 5 aliphatic rings. The number of carboxylic acids is 1. The van der Waals surface area contributed by atoms with Crippen molar-refractivity contribution in [2.24, 2.45) is 21.1 Å². The number of aromatic carboxylic acids is 1. The maximum absolute atomic E-state index is 12.9. The van der Waals surface area contributed by atoms with Crippen molar-refractivity contribution in [3.8, 4) is 34.3 Å². The van der Waals surface area contributed by atoms with Gasteiger partial charge in [-0.05, 0) is 262 Å². The molecule has 1 aliphatic carbocycles. The number of pyridine rings is 3. The van der Waals surface area contributed by atoms with Crippen LogP contribution in [0.5, 0.6) is 11.8 Å². The van der Waals surface area contributed by atoms with Crippen LogP contribution in [0, 0.1) is 0 Å². The Morgan fingerprint density at radius 1 is 0.545 bits per heavy atom. The molecule has 4 saturated heterocycles. The minimum Gasteiger partial charge on any atom is -0.480 e. The number of methoxy groups -OCH3 is 4. The molecule has 4 aliphatic heterocycles. The third-order valence-electron chi connectivity index (χ3n) is 23.7. The minimum atomic E-state index is -1.20. The van der Waals surface area contributed by atoms with E-state index in [-0.39, 0.29) is 118 Å². The normalized spacial score (nSPS) is 17.4. The second-order valence-electron chi connectivity index (χ2n) is 35.2. The summed E-state index contributed by atoms with van der Waals surface area (Å²) in [6.45, 7) is 35.2. The molecule has 3 aromatic carbocycles. The van der Waals surface area contributed by atoms with Gasteiger partial charge in [0.25, 0.3) is 5.56 Å². The van der Waals surface area contributed by atoms with E-state index in [9.17, 15) is 33.9 Å². The van der Waals surface area contributed by atoms with Crippen molar-refractivity contribution in [2.75, 3.05) is 41.5 Å². The van der Waals surface area contributed by atoms with Crippen LogP contribution < -0.4 is 15.0 Å². The molecule has 25 nitrogen and oxygen atoms in total. The molecular formula is C92H125B2BrCl2N8O17Pd. The summed E-state index contributed by atoms with van der Waals surface area (Å²) >= 11 is 9.41. The van der Waals surface area contributed by atoms with Gasteiger partial charge in [0.1, 0.15) is 33.0 Å². The third kappa shape index (κ3) is 23.2. The van der Waals surface area contributed by atoms with Crippen molar-refractivity contribution in [3.05, 3.63) is 161 Å². The number of aromatic amines is 1. The average Bonchev–Trinajstić information content (AvgIpc) is 1.66. The number of benzene rings is 3. The number of aryl methyl sites for hydroxylation is 6. The van der Waals surface area contributed by atoms with Crippen molar-refractivity contribution >= 4 is 117 Å². The molecule has 0 spiro atoms. The maximum Gasteiger partial charge on any atom is 0.455 e. The quantitative estimate of drug-likeness (QED) is 0.0417. The molecule has 31 heteroatoms. The molecular weight excluding hydrogens is 1770 g/mol. The Bertz CT molecular complexity index is 5270. The fourth-order valence-electron chi connectivity index (χ4n) is 16.1. The van der Waals surface area contributed by atoms with E-state index in [1.807, 2.05) is 97.4 Å². The molecule has 0 bridgehead atoms. The van der Waals surface area contributed by atoms with Crippen LogP contribution in [0.25, 0.3) is 55.2 Å². The molecule has 5 fully saturated rings. The van der Waals surface area contributed by atoms with E-state index >= 15 is 0 Å². The van der Waals surface area contributed by atoms with Gasteiger partial charge in [-0.1, -0.05) is 80.7 Å². The first-order valence-electron chi connectivity index (χ1n) is 41.5. The molecule has 0 unspecified atom stereocenters. The average molecular weight is 1890 g/mol. The van der Waals surface area contributed by atoms with Crippen LogP contribution in [0.2, 0.25) is 11.4 Å². The van der Waals surface area contributed by atoms with Gasteiger partial charge in [-0.15, -0.1) is 12.4 Å². The Hall–Kier alpha value is -8.23. The van der Waals surface area contributed by atoms with Gasteiger partial charge in [0, 0.05) is 121 Å². The van der Waals surface area contributed by atoms with Gasteiger partial charge in [0.2, 0.25) is 11.8 Å². The number of carbonyl (C=O) groups excluding carboxylic acids is 4. The number of nitrogens with zero attached hydrogens (tertiary/aromatic N) is 7. The number of H-pyrrole nitrogens is 1. The summed E-state index contributed by atoms with van der Waals surface area (Å²) in [5, 5.41) is 13.0. The molecule has 1 saturated carbocycles. The molecule has 2 N–H and O–H groups in total. The number of nitrogens with one attached hydrogen (secondary N) is 1. The predicted octanol–water partition coefficient (Wildman–Crippen LogP) is 21.0. The van der Waals surface area contributed by atoms with Crippen LogP contribution in [0.1, 0.15) is 259 Å². The van der Waals surface area contributed by atoms with E-state index in [4.69, 9.17) is 53.9 Å². The van der Waals surface area contributed by atoms with Crippen molar-refractivity contribution < 1.29 is 96.5 Å². The Morgan fingerprint density at radius 3 is 1.36 bits per heavy atom. The molecule has 10 heterocycles. The van der Waals surface area contributed by atoms with Crippen molar-refractivity contribution in [3.63, 3.8) is 0 Å². The first-order chi connectivity index (χ1) is 56.3. The Balaban J connectivity index is 0.000000216. The number of hydrogen-bond donors (Lipinski definition) is 2. The molecule has 2 atom stereocenters. The van der Waals surface area contributed by atoms with Gasteiger partial charge in [0.15, 0.2) is 0 Å². The summed E-state index contributed by atoms with van der Waals surface area (Å²) < 4.78 is 62.7. The zero-order chi connectivity index (χ0) is 88.2. The van der Waals surface area contributed by atoms with Gasteiger partial charge < -0.3 is 70.8 Å². The number of ether oxygens (including phenoxy) is 6. The predicted molar refractivity (Wildman–Crippen MR) is 488 cm³/mol. The van der Waals surface area contributed by atoms with Crippen molar-refractivity contribution in [1.82, 2.24) is 38.5 Å². The fraction of sp³-hybridized carbons (Fsp3) is 0.522.